The summed E-state index contributed by atoms with van der Waals surface area (Å²) in [7, 11) is 0. The summed E-state index contributed by atoms with van der Waals surface area (Å²) in [6.07, 6.45) is 0. The normalized spacial score (nSPS) is 18.9. The van der Waals surface area contributed by atoms with Crippen molar-refractivity contribution in [1.29, 1.82) is 5.26 Å². The molecule has 1 heterocycles. The minimum absolute atomic E-state index is 0.102. The van der Waals surface area contributed by atoms with Crippen molar-refractivity contribution in [2.75, 3.05) is 32.7 Å². The summed E-state index contributed by atoms with van der Waals surface area (Å²) in [6, 6.07) is 10.9. The van der Waals surface area contributed by atoms with Gasteiger partial charge in [0.15, 0.2) is 0 Å². The van der Waals surface area contributed by atoms with Gasteiger partial charge in [-0.25, -0.2) is 0 Å². The van der Waals surface area contributed by atoms with Crippen molar-refractivity contribution < 1.29 is 0 Å². The smallest absolute Gasteiger partial charge is 0.123 e. The molecular weight excluding hydrogens is 246 g/mol. The summed E-state index contributed by atoms with van der Waals surface area (Å²) < 4.78 is 0. The van der Waals surface area contributed by atoms with Crippen LogP contribution in [0.5, 0.6) is 0 Å². The molecule has 0 amide bonds. The number of hydrogen-bond donors (Lipinski definition) is 0. The molecule has 1 fully saturated rings. The molecule has 1 aliphatic heterocycles. The Morgan fingerprint density at radius 3 is 2.05 bits per heavy atom. The summed E-state index contributed by atoms with van der Waals surface area (Å²) in [5.41, 5.74) is 2.46. The maximum Gasteiger partial charge on any atom is 0.123 e. The van der Waals surface area contributed by atoms with E-state index in [4.69, 9.17) is 0 Å². The predicted molar refractivity (Wildman–Crippen MR) is 82.6 cm³/mol. The second-order valence-electron chi connectivity index (χ2n) is 5.82. The van der Waals surface area contributed by atoms with Crippen molar-refractivity contribution in [3.63, 3.8) is 0 Å². The third kappa shape index (κ3) is 3.39. The Morgan fingerprint density at radius 2 is 1.60 bits per heavy atom. The number of nitrogens with zero attached hydrogens (tertiary/aromatic N) is 3. The Hall–Kier alpha value is -1.37. The summed E-state index contributed by atoms with van der Waals surface area (Å²) >= 11 is 0. The lowest BCUT2D eigenvalue weighted by Crippen LogP contribution is -2.47. The fourth-order valence-electron chi connectivity index (χ4n) is 2.77. The van der Waals surface area contributed by atoms with Crippen LogP contribution in [-0.2, 0) is 0 Å². The first kappa shape index (κ1) is 15.0. The van der Waals surface area contributed by atoms with Crippen molar-refractivity contribution in [2.45, 2.75) is 32.7 Å². The number of hydrogen-bond acceptors (Lipinski definition) is 3. The molecule has 0 N–H and O–H groups in total. The highest BCUT2D eigenvalue weighted by molar-refractivity contribution is 5.29. The standard InChI is InChI=1S/C17H25N3/c1-4-19-9-11-20(12-10-19)17(13-18)16-7-5-15(6-8-16)14(2)3/h5-8,14,17H,4,9-12H2,1-3H3. The SMILES string of the molecule is CCN1CCN(C(C#N)c2ccc(C(C)C)cc2)CC1. The molecule has 0 aromatic heterocycles. The van der Waals surface area contributed by atoms with Gasteiger partial charge in [0, 0.05) is 26.2 Å². The van der Waals surface area contributed by atoms with E-state index in [0.717, 1.165) is 38.3 Å². The van der Waals surface area contributed by atoms with Gasteiger partial charge in [0.1, 0.15) is 6.04 Å². The highest BCUT2D eigenvalue weighted by Crippen LogP contribution is 2.23. The molecule has 3 heteroatoms. The number of nitriles is 1. The molecule has 1 aliphatic rings. The van der Waals surface area contributed by atoms with Gasteiger partial charge >= 0.3 is 0 Å². The van der Waals surface area contributed by atoms with Crippen molar-refractivity contribution in [3.8, 4) is 6.07 Å². The van der Waals surface area contributed by atoms with Gasteiger partial charge in [-0.3, -0.25) is 4.90 Å². The molecular formula is C17H25N3. The van der Waals surface area contributed by atoms with Crippen LogP contribution < -0.4 is 0 Å². The number of benzene rings is 1. The van der Waals surface area contributed by atoms with Crippen LogP contribution >= 0.6 is 0 Å². The number of piperazine rings is 1. The van der Waals surface area contributed by atoms with Gasteiger partial charge in [-0.05, 0) is 23.6 Å². The molecule has 0 saturated carbocycles. The monoisotopic (exact) mass is 271 g/mol. The van der Waals surface area contributed by atoms with Crippen molar-refractivity contribution in [2.24, 2.45) is 0 Å². The third-order valence-corrected chi connectivity index (χ3v) is 4.26. The van der Waals surface area contributed by atoms with E-state index in [1.54, 1.807) is 0 Å². The van der Waals surface area contributed by atoms with E-state index in [1.807, 2.05) is 0 Å². The maximum absolute atomic E-state index is 9.53. The van der Waals surface area contributed by atoms with Gasteiger partial charge in [0.05, 0.1) is 6.07 Å². The average molecular weight is 271 g/mol. The summed E-state index contributed by atoms with van der Waals surface area (Å²) in [5, 5.41) is 9.53. The van der Waals surface area contributed by atoms with Crippen molar-refractivity contribution >= 4 is 0 Å². The van der Waals surface area contributed by atoms with E-state index in [0.29, 0.717) is 5.92 Å². The van der Waals surface area contributed by atoms with E-state index >= 15 is 0 Å². The van der Waals surface area contributed by atoms with Crippen LogP contribution in [-0.4, -0.2) is 42.5 Å². The lowest BCUT2D eigenvalue weighted by atomic mass is 9.98. The molecule has 2 rings (SSSR count). The van der Waals surface area contributed by atoms with Gasteiger partial charge in [-0.15, -0.1) is 0 Å². The van der Waals surface area contributed by atoms with Crippen LogP contribution in [0.15, 0.2) is 24.3 Å². The van der Waals surface area contributed by atoms with Crippen LogP contribution in [0.4, 0.5) is 0 Å². The summed E-state index contributed by atoms with van der Waals surface area (Å²) in [5.74, 6) is 0.540. The summed E-state index contributed by atoms with van der Waals surface area (Å²) in [4.78, 5) is 4.74. The molecule has 108 valence electrons. The lowest BCUT2D eigenvalue weighted by Gasteiger charge is -2.36. The van der Waals surface area contributed by atoms with E-state index in [2.05, 4.69) is 60.9 Å². The summed E-state index contributed by atoms with van der Waals surface area (Å²) in [6.45, 7) is 11.8. The topological polar surface area (TPSA) is 30.3 Å². The Bertz CT molecular complexity index is 450. The molecule has 3 nitrogen and oxygen atoms in total. The van der Waals surface area contributed by atoms with Gasteiger partial charge in [0.25, 0.3) is 0 Å². The first-order chi connectivity index (χ1) is 9.65. The molecule has 0 bridgehead atoms. The predicted octanol–water partition coefficient (Wildman–Crippen LogP) is 3.01. The molecule has 1 aromatic carbocycles. The molecule has 20 heavy (non-hydrogen) atoms. The number of likely N-dealkylation sites (N-methyl/N-ethyl adjacent to an activating group) is 1. The van der Waals surface area contributed by atoms with Gasteiger partial charge < -0.3 is 4.90 Å². The van der Waals surface area contributed by atoms with Crippen LogP contribution in [0.3, 0.4) is 0 Å². The van der Waals surface area contributed by atoms with Gasteiger partial charge in [-0.2, -0.15) is 5.26 Å². The second kappa shape index (κ2) is 6.88. The minimum atomic E-state index is -0.102. The minimum Gasteiger partial charge on any atom is -0.301 e. The van der Waals surface area contributed by atoms with E-state index < -0.39 is 0 Å². The van der Waals surface area contributed by atoms with Gasteiger partial charge in [0.2, 0.25) is 0 Å². The molecule has 1 aromatic rings. The zero-order chi connectivity index (χ0) is 14.5. The first-order valence-electron chi connectivity index (χ1n) is 7.61. The zero-order valence-corrected chi connectivity index (χ0v) is 12.8. The maximum atomic E-state index is 9.53. The molecule has 1 atom stereocenters. The second-order valence-corrected chi connectivity index (χ2v) is 5.82. The van der Waals surface area contributed by atoms with Crippen LogP contribution in [0.25, 0.3) is 0 Å². The molecule has 0 radical (unpaired) electrons. The Balaban J connectivity index is 2.07. The quantitative estimate of drug-likeness (QED) is 0.843. The molecule has 0 spiro atoms. The highest BCUT2D eigenvalue weighted by Gasteiger charge is 2.24. The highest BCUT2D eigenvalue weighted by atomic mass is 15.3. The van der Waals surface area contributed by atoms with Crippen LogP contribution in [0.2, 0.25) is 0 Å². The van der Waals surface area contributed by atoms with Crippen LogP contribution in [0.1, 0.15) is 43.9 Å². The molecule has 1 saturated heterocycles. The largest absolute Gasteiger partial charge is 0.301 e. The molecule has 0 aliphatic carbocycles. The Kier molecular flexibility index (Phi) is 5.17. The zero-order valence-electron chi connectivity index (χ0n) is 12.8. The third-order valence-electron chi connectivity index (χ3n) is 4.26. The molecule has 1 unspecified atom stereocenters. The van der Waals surface area contributed by atoms with E-state index in [9.17, 15) is 5.26 Å². The first-order valence-corrected chi connectivity index (χ1v) is 7.61. The average Bonchev–Trinajstić information content (AvgIpc) is 2.49. The Labute approximate surface area is 122 Å². The van der Waals surface area contributed by atoms with E-state index in [1.165, 1.54) is 5.56 Å². The van der Waals surface area contributed by atoms with Gasteiger partial charge in [-0.1, -0.05) is 45.0 Å². The number of rotatable bonds is 4. The fourth-order valence-corrected chi connectivity index (χ4v) is 2.77. The lowest BCUT2D eigenvalue weighted by molar-refractivity contribution is 0.118. The Morgan fingerprint density at radius 1 is 1.05 bits per heavy atom. The van der Waals surface area contributed by atoms with Crippen molar-refractivity contribution in [3.05, 3.63) is 35.4 Å². The van der Waals surface area contributed by atoms with E-state index in [-0.39, 0.29) is 6.04 Å². The van der Waals surface area contributed by atoms with Crippen LogP contribution in [0, 0.1) is 11.3 Å². The van der Waals surface area contributed by atoms with Crippen molar-refractivity contribution in [1.82, 2.24) is 9.80 Å². The fraction of sp³-hybridized carbons (Fsp3) is 0.588.